The van der Waals surface area contributed by atoms with Gasteiger partial charge in [0.2, 0.25) is 5.91 Å². The summed E-state index contributed by atoms with van der Waals surface area (Å²) in [7, 11) is 0. The Morgan fingerprint density at radius 2 is 2.11 bits per heavy atom. The molecule has 1 aromatic carbocycles. The summed E-state index contributed by atoms with van der Waals surface area (Å²) in [4.78, 5) is 22.4. The smallest absolute Gasteiger partial charge is 0.319 e. The minimum atomic E-state index is -0.424. The van der Waals surface area contributed by atoms with Crippen LogP contribution in [0.2, 0.25) is 0 Å². The van der Waals surface area contributed by atoms with Crippen molar-refractivity contribution in [2.45, 2.75) is 6.92 Å². The largest absolute Gasteiger partial charge is 0.465 e. The third-order valence-electron chi connectivity index (χ3n) is 1.97. The molecule has 0 radical (unpaired) electrons. The van der Waals surface area contributed by atoms with Crippen molar-refractivity contribution in [2.24, 2.45) is 0 Å². The van der Waals surface area contributed by atoms with Crippen molar-refractivity contribution in [3.05, 3.63) is 30.1 Å². The van der Waals surface area contributed by atoms with Crippen LogP contribution in [0.5, 0.6) is 0 Å². The zero-order chi connectivity index (χ0) is 13.4. The van der Waals surface area contributed by atoms with Crippen molar-refractivity contribution in [3.63, 3.8) is 0 Å². The number of hydrogen-bond acceptors (Lipinski definition) is 4. The van der Waals surface area contributed by atoms with Crippen LogP contribution in [0.15, 0.2) is 24.3 Å². The maximum Gasteiger partial charge on any atom is 0.319 e. The van der Waals surface area contributed by atoms with E-state index < -0.39 is 11.8 Å². The highest BCUT2D eigenvalue weighted by atomic mass is 19.1. The van der Waals surface area contributed by atoms with Crippen molar-refractivity contribution < 1.29 is 18.7 Å². The molecule has 0 aliphatic rings. The average molecular weight is 254 g/mol. The van der Waals surface area contributed by atoms with Crippen LogP contribution in [0.25, 0.3) is 0 Å². The quantitative estimate of drug-likeness (QED) is 0.741. The molecule has 0 fully saturated rings. The number of halogens is 1. The summed E-state index contributed by atoms with van der Waals surface area (Å²) in [6.07, 6.45) is 0. The van der Waals surface area contributed by atoms with Crippen LogP contribution in [0.1, 0.15) is 6.92 Å². The molecule has 0 heterocycles. The summed E-state index contributed by atoms with van der Waals surface area (Å²) >= 11 is 0. The van der Waals surface area contributed by atoms with Gasteiger partial charge in [0.1, 0.15) is 5.82 Å². The van der Waals surface area contributed by atoms with Crippen LogP contribution < -0.4 is 10.6 Å². The molecule has 0 aliphatic carbocycles. The Labute approximate surface area is 104 Å². The summed E-state index contributed by atoms with van der Waals surface area (Å²) in [6.45, 7) is 1.92. The molecule has 0 saturated heterocycles. The number of nitrogens with one attached hydrogen (secondary N) is 2. The van der Waals surface area contributed by atoms with Crippen molar-refractivity contribution in [1.82, 2.24) is 5.32 Å². The predicted octanol–water partition coefficient (Wildman–Crippen LogP) is 0.917. The van der Waals surface area contributed by atoms with Gasteiger partial charge in [-0.1, -0.05) is 6.07 Å². The zero-order valence-electron chi connectivity index (χ0n) is 10.0. The molecule has 0 atom stereocenters. The number of rotatable bonds is 6. The first-order valence-electron chi connectivity index (χ1n) is 5.53. The van der Waals surface area contributed by atoms with Gasteiger partial charge in [0.25, 0.3) is 0 Å². The molecule has 2 N–H and O–H groups in total. The minimum absolute atomic E-state index is 0.0373. The van der Waals surface area contributed by atoms with Crippen molar-refractivity contribution >= 4 is 17.6 Å². The van der Waals surface area contributed by atoms with Gasteiger partial charge in [0, 0.05) is 5.69 Å². The molecule has 1 aromatic rings. The molecule has 18 heavy (non-hydrogen) atoms. The minimum Gasteiger partial charge on any atom is -0.465 e. The van der Waals surface area contributed by atoms with E-state index in [1.54, 1.807) is 13.0 Å². The van der Waals surface area contributed by atoms with Gasteiger partial charge in [-0.2, -0.15) is 0 Å². The number of esters is 1. The van der Waals surface area contributed by atoms with E-state index in [1.165, 1.54) is 18.2 Å². The Morgan fingerprint density at radius 1 is 1.33 bits per heavy atom. The fourth-order valence-corrected chi connectivity index (χ4v) is 1.26. The first-order chi connectivity index (χ1) is 8.61. The first-order valence-corrected chi connectivity index (χ1v) is 5.53. The van der Waals surface area contributed by atoms with E-state index in [0.29, 0.717) is 12.3 Å². The van der Waals surface area contributed by atoms with E-state index in [9.17, 15) is 14.0 Å². The summed E-state index contributed by atoms with van der Waals surface area (Å²) in [5.74, 6) is -1.20. The monoisotopic (exact) mass is 254 g/mol. The lowest BCUT2D eigenvalue weighted by molar-refractivity contribution is -0.141. The normalized spacial score (nSPS) is 9.89. The Bertz CT molecular complexity index is 424. The van der Waals surface area contributed by atoms with E-state index in [4.69, 9.17) is 0 Å². The summed E-state index contributed by atoms with van der Waals surface area (Å²) in [6, 6.07) is 5.57. The van der Waals surface area contributed by atoms with Gasteiger partial charge in [-0.25, -0.2) is 4.39 Å². The molecule has 1 rings (SSSR count). The van der Waals surface area contributed by atoms with Gasteiger partial charge in [-0.3, -0.25) is 14.9 Å². The highest BCUT2D eigenvalue weighted by Crippen LogP contribution is 2.08. The van der Waals surface area contributed by atoms with Crippen molar-refractivity contribution in [1.29, 1.82) is 0 Å². The van der Waals surface area contributed by atoms with Crippen LogP contribution in [0.4, 0.5) is 10.1 Å². The molecule has 6 heteroatoms. The molecule has 1 amide bonds. The third-order valence-corrected chi connectivity index (χ3v) is 1.97. The standard InChI is InChI=1S/C12H15FN2O3/c1-2-18-12(17)8-14-7-11(16)15-10-5-3-4-9(13)6-10/h3-6,14H,2,7-8H2,1H3,(H,15,16). The molecule has 0 aromatic heterocycles. The highest BCUT2D eigenvalue weighted by molar-refractivity contribution is 5.92. The lowest BCUT2D eigenvalue weighted by atomic mass is 10.3. The third kappa shape index (κ3) is 5.40. The summed E-state index contributed by atoms with van der Waals surface area (Å²) < 4.78 is 17.5. The van der Waals surface area contributed by atoms with Crippen LogP contribution in [0.3, 0.4) is 0 Å². The highest BCUT2D eigenvalue weighted by Gasteiger charge is 2.05. The fraction of sp³-hybridized carbons (Fsp3) is 0.333. The number of carbonyl (C=O) groups is 2. The van der Waals surface area contributed by atoms with Crippen molar-refractivity contribution in [2.75, 3.05) is 25.0 Å². The second-order valence-electron chi connectivity index (χ2n) is 3.47. The second kappa shape index (κ2) is 7.39. The van der Waals surface area contributed by atoms with Gasteiger partial charge < -0.3 is 10.1 Å². The first kappa shape index (κ1) is 14.1. The van der Waals surface area contributed by atoms with E-state index in [-0.39, 0.29) is 19.0 Å². The number of hydrogen-bond donors (Lipinski definition) is 2. The van der Waals surface area contributed by atoms with Crippen LogP contribution in [-0.4, -0.2) is 31.6 Å². The van der Waals surface area contributed by atoms with E-state index in [0.717, 1.165) is 0 Å². The topological polar surface area (TPSA) is 67.4 Å². The van der Waals surface area contributed by atoms with Gasteiger partial charge in [-0.05, 0) is 25.1 Å². The maximum absolute atomic E-state index is 12.8. The predicted molar refractivity (Wildman–Crippen MR) is 64.5 cm³/mol. The zero-order valence-corrected chi connectivity index (χ0v) is 10.0. The van der Waals surface area contributed by atoms with E-state index >= 15 is 0 Å². The van der Waals surface area contributed by atoms with Crippen LogP contribution in [-0.2, 0) is 14.3 Å². The summed E-state index contributed by atoms with van der Waals surface area (Å²) in [5.41, 5.74) is 0.373. The van der Waals surface area contributed by atoms with E-state index in [2.05, 4.69) is 15.4 Å². The van der Waals surface area contributed by atoms with Gasteiger partial charge in [-0.15, -0.1) is 0 Å². The summed E-state index contributed by atoms with van der Waals surface area (Å²) in [5, 5.41) is 5.12. The Balaban J connectivity index is 2.28. The average Bonchev–Trinajstić information content (AvgIpc) is 2.29. The lowest BCUT2D eigenvalue weighted by Crippen LogP contribution is -2.32. The molecule has 0 bridgehead atoms. The van der Waals surface area contributed by atoms with E-state index in [1.807, 2.05) is 0 Å². The SMILES string of the molecule is CCOC(=O)CNCC(=O)Nc1cccc(F)c1. The van der Waals surface area contributed by atoms with Gasteiger partial charge >= 0.3 is 5.97 Å². The van der Waals surface area contributed by atoms with Crippen LogP contribution >= 0.6 is 0 Å². The molecule has 0 unspecified atom stereocenters. The molecule has 0 spiro atoms. The fourth-order valence-electron chi connectivity index (χ4n) is 1.26. The maximum atomic E-state index is 12.8. The Hall–Kier alpha value is -1.95. The second-order valence-corrected chi connectivity index (χ2v) is 3.47. The molecule has 5 nitrogen and oxygen atoms in total. The van der Waals surface area contributed by atoms with Gasteiger partial charge in [0.15, 0.2) is 0 Å². The Kier molecular flexibility index (Phi) is 5.79. The molecular formula is C12H15FN2O3. The Morgan fingerprint density at radius 3 is 2.78 bits per heavy atom. The van der Waals surface area contributed by atoms with Gasteiger partial charge in [0.05, 0.1) is 19.7 Å². The number of benzene rings is 1. The molecular weight excluding hydrogens is 239 g/mol. The number of amides is 1. The van der Waals surface area contributed by atoms with Crippen molar-refractivity contribution in [3.8, 4) is 0 Å². The van der Waals surface area contributed by atoms with Crippen LogP contribution in [0, 0.1) is 5.82 Å². The molecule has 0 saturated carbocycles. The number of carbonyl (C=O) groups excluding carboxylic acids is 2. The molecule has 98 valence electrons. The lowest BCUT2D eigenvalue weighted by Gasteiger charge is -2.06. The molecule has 0 aliphatic heterocycles. The number of ether oxygens (including phenoxy) is 1. The number of anilines is 1.